The number of carbonyl (C=O) groups is 8. The standard InChI is InChI=1S/2C16H18F12O11.C12H10F12O9.C10H10F8O8/c1-31-9(29)35-5-3-33-7-11(17,18)37-13(21,22)15(25,26)39-16(27,28)14(23,24)38-12(19,20)8-34-4-6-36-10(30)32-2;1-31-3-5-33-9(29)35-7-11(17,18)37-13(21,22)15(25,26)39-16(27,28)14(23,24)38-12(19,20)8-36-10(30)34-6-4-32-2;1-27-5(25)29-3-7(13,14)31-9(17,18)11(21,22)33-12(23,24)10(19,20)32-8(15,16)4-30-6(26)28-2;1-21-5(19)23-3-7(11,12)25-9(15,16)10(17,18)26-8(13,14)4-24-6(20)22-2/h2*3-8H2,1-2H3;3-4H2,1-2H3;3-4H2,1-2H3. The largest absolute Gasteiger partial charge is 0.508 e. The molecule has 0 aliphatic heterocycles. The molecule has 0 saturated carbocycles. The summed E-state index contributed by atoms with van der Waals surface area (Å²) in [6.45, 7) is -25.0. The molecule has 0 atom stereocenters. The predicted molar refractivity (Wildman–Crippen MR) is 311 cm³/mol. The molecule has 0 aromatic carbocycles. The molecule has 0 fully saturated rings. The molecule has 137 heavy (non-hydrogen) atoms. The zero-order chi connectivity index (χ0) is 109. The summed E-state index contributed by atoms with van der Waals surface area (Å²) in [4.78, 5) is 84.7. The van der Waals surface area contributed by atoms with Gasteiger partial charge in [-0.2, -0.15) is 193 Å². The monoisotopic (exact) mass is 2160 g/mol. The third-order valence-corrected chi connectivity index (χ3v) is 11.0. The Morgan fingerprint density at radius 3 is 0.409 bits per heavy atom. The van der Waals surface area contributed by atoms with E-state index in [1.54, 1.807) is 4.74 Å². The molecule has 814 valence electrons. The van der Waals surface area contributed by atoms with Crippen LogP contribution in [-0.4, -0.2) is 346 Å². The lowest BCUT2D eigenvalue weighted by atomic mass is 10.5. The number of hydrogen-bond acceptors (Lipinski definition) is 39. The van der Waals surface area contributed by atoms with Crippen LogP contribution in [0, 0.1) is 0 Å². The molecule has 39 nitrogen and oxygen atoms in total. The lowest BCUT2D eigenvalue weighted by molar-refractivity contribution is -0.558. The van der Waals surface area contributed by atoms with E-state index in [-0.39, 0.29) is 13.2 Å². The Morgan fingerprint density at radius 1 is 0.146 bits per heavy atom. The summed E-state index contributed by atoms with van der Waals surface area (Å²) in [5, 5.41) is 0. The van der Waals surface area contributed by atoms with Gasteiger partial charge in [-0.3, -0.25) is 0 Å². The van der Waals surface area contributed by atoms with Crippen LogP contribution in [0.15, 0.2) is 0 Å². The van der Waals surface area contributed by atoms with Crippen LogP contribution in [0.1, 0.15) is 0 Å². The van der Waals surface area contributed by atoms with Crippen molar-refractivity contribution >= 4 is 49.2 Å². The molecular weight excluding hydrogens is 2110 g/mol. The molecule has 0 heterocycles. The third kappa shape index (κ3) is 51.3. The molecule has 0 aromatic rings. The van der Waals surface area contributed by atoms with E-state index >= 15 is 0 Å². The molecule has 0 amide bonds. The maximum atomic E-state index is 13.5. The minimum absolute atomic E-state index is 0.299. The van der Waals surface area contributed by atoms with Crippen LogP contribution < -0.4 is 0 Å². The summed E-state index contributed by atoms with van der Waals surface area (Å²) in [6, 6.07) is 0. The second-order valence-electron chi connectivity index (χ2n) is 21.9. The van der Waals surface area contributed by atoms with Crippen molar-refractivity contribution in [2.24, 2.45) is 0 Å². The normalized spacial score (nSPS) is 13.7. The summed E-state index contributed by atoms with van der Waals surface area (Å²) in [7, 11) is 6.27. The zero-order valence-electron chi connectivity index (χ0n) is 66.9. The average molecular weight is 2160 g/mol. The summed E-state index contributed by atoms with van der Waals surface area (Å²) in [5.74, 6) is 0. The van der Waals surface area contributed by atoms with Gasteiger partial charge in [0.2, 0.25) is 0 Å². The molecule has 0 aromatic heterocycles. The fourth-order valence-electron chi connectivity index (χ4n) is 5.51. The SMILES string of the molecule is COC(=O)OCC(F)(F)OC(F)(F)C(F)(F)OC(F)(F)C(F)(F)OC(F)(F)COC(=O)OC.COC(=O)OCC(F)(F)OC(F)(F)C(F)(F)OC(F)(F)COC(=O)OC.COC(=O)OCCOCC(F)(F)OC(F)(F)C(F)(F)OC(F)(F)C(F)(F)OC(F)(F)COCCOC(=O)OC.COCCOC(=O)OCC(F)(F)OC(F)(F)C(F)(F)OC(F)(F)C(F)(F)OC(F)(F)COC(=O)OCCOC. The first-order valence-corrected chi connectivity index (χ1v) is 32.2. The van der Waals surface area contributed by atoms with Crippen LogP contribution in [0.4, 0.5) is 232 Å². The highest BCUT2D eigenvalue weighted by Crippen LogP contribution is 2.53. The number of rotatable bonds is 57. The highest BCUT2D eigenvalue weighted by molar-refractivity contribution is 5.62. The van der Waals surface area contributed by atoms with Crippen molar-refractivity contribution in [3.63, 3.8) is 0 Å². The van der Waals surface area contributed by atoms with Crippen LogP contribution in [-0.2, 0) is 147 Å². The smallest absolute Gasteiger partial charge is 0.438 e. The van der Waals surface area contributed by atoms with Gasteiger partial charge in [-0.25, -0.2) is 90.5 Å². The van der Waals surface area contributed by atoms with Crippen LogP contribution in [0.3, 0.4) is 0 Å². The quantitative estimate of drug-likeness (QED) is 0.0236. The summed E-state index contributed by atoms with van der Waals surface area (Å²) in [6.07, 6.45) is -154. The fraction of sp³-hybridized carbons (Fsp3) is 0.852. The average Bonchev–Trinajstić information content (AvgIpc) is 0.769. The van der Waals surface area contributed by atoms with E-state index < -0.39 is 276 Å². The van der Waals surface area contributed by atoms with Crippen LogP contribution in [0.5, 0.6) is 0 Å². The number of halogens is 44. The van der Waals surface area contributed by atoms with E-state index in [4.69, 9.17) is 0 Å². The van der Waals surface area contributed by atoms with E-state index in [2.05, 4.69) is 133 Å². The Balaban J connectivity index is -0.000000870. The molecule has 0 unspecified atom stereocenters. The number of hydrogen-bond donors (Lipinski definition) is 0. The molecule has 0 aliphatic carbocycles. The van der Waals surface area contributed by atoms with Crippen molar-refractivity contribution in [3.8, 4) is 0 Å². The Morgan fingerprint density at radius 2 is 0.263 bits per heavy atom. The lowest BCUT2D eigenvalue weighted by Gasteiger charge is -2.34. The second kappa shape index (κ2) is 53.2. The fourth-order valence-corrected chi connectivity index (χ4v) is 5.51. The Hall–Kier alpha value is -9.52. The first-order chi connectivity index (χ1) is 61.2. The van der Waals surface area contributed by atoms with Gasteiger partial charge >= 0.3 is 184 Å². The highest BCUT2D eigenvalue weighted by atomic mass is 19.4. The van der Waals surface area contributed by atoms with Gasteiger partial charge in [0.1, 0.15) is 39.6 Å². The van der Waals surface area contributed by atoms with Crippen molar-refractivity contribution in [3.05, 3.63) is 0 Å². The lowest BCUT2D eigenvalue weighted by Crippen LogP contribution is -2.58. The number of alkyl halides is 44. The Labute approximate surface area is 724 Å². The molecule has 0 N–H and O–H groups in total. The minimum Gasteiger partial charge on any atom is -0.438 e. The maximum absolute atomic E-state index is 13.5. The minimum atomic E-state index is -7.11. The van der Waals surface area contributed by atoms with Crippen molar-refractivity contribution in [2.45, 2.75) is 134 Å². The van der Waals surface area contributed by atoms with Crippen LogP contribution in [0.2, 0.25) is 0 Å². The van der Waals surface area contributed by atoms with Crippen LogP contribution in [0.25, 0.3) is 0 Å². The first kappa shape index (κ1) is 134. The Bertz CT molecular complexity index is 3420. The molecular formula is C54H56F44O39. The molecule has 0 aliphatic rings. The topological polar surface area (TPSA) is 423 Å². The van der Waals surface area contributed by atoms with Gasteiger partial charge in [0.15, 0.2) is 39.6 Å². The maximum Gasteiger partial charge on any atom is 0.508 e. The molecule has 0 saturated heterocycles. The van der Waals surface area contributed by atoms with Gasteiger partial charge < -0.3 is 94.7 Å². The number of ether oxygens (including phenoxy) is 31. The van der Waals surface area contributed by atoms with Gasteiger partial charge in [0.25, 0.3) is 0 Å². The number of methoxy groups -OCH3 is 8. The Kier molecular flexibility index (Phi) is 51.9. The zero-order valence-corrected chi connectivity index (χ0v) is 66.9. The van der Waals surface area contributed by atoms with Crippen molar-refractivity contribution in [1.82, 2.24) is 0 Å². The second-order valence-corrected chi connectivity index (χ2v) is 21.9. The first-order valence-electron chi connectivity index (χ1n) is 32.2. The van der Waals surface area contributed by atoms with Crippen LogP contribution >= 0.6 is 0 Å². The summed E-state index contributed by atoms with van der Waals surface area (Å²) >= 11 is 0. The van der Waals surface area contributed by atoms with Gasteiger partial charge in [0.05, 0.1) is 69.1 Å². The molecule has 0 radical (unpaired) electrons. The summed E-state index contributed by atoms with van der Waals surface area (Å²) in [5.41, 5.74) is 0. The van der Waals surface area contributed by atoms with E-state index in [0.29, 0.717) is 28.4 Å². The molecule has 0 rings (SSSR count). The van der Waals surface area contributed by atoms with Crippen molar-refractivity contribution < 1.29 is 378 Å². The molecule has 0 spiro atoms. The number of carbonyl (C=O) groups excluding carboxylic acids is 8. The van der Waals surface area contributed by atoms with Gasteiger partial charge in [-0.1, -0.05) is 0 Å². The molecule has 0 bridgehead atoms. The van der Waals surface area contributed by atoms with Gasteiger partial charge in [-0.05, 0) is 0 Å². The highest BCUT2D eigenvalue weighted by Gasteiger charge is 2.78. The van der Waals surface area contributed by atoms with E-state index in [0.717, 1.165) is 28.4 Å². The van der Waals surface area contributed by atoms with Gasteiger partial charge in [-0.15, -0.1) is 0 Å². The van der Waals surface area contributed by atoms with Gasteiger partial charge in [0, 0.05) is 14.2 Å². The van der Waals surface area contributed by atoms with Crippen molar-refractivity contribution in [1.29, 1.82) is 0 Å². The third-order valence-electron chi connectivity index (χ3n) is 11.0. The van der Waals surface area contributed by atoms with E-state index in [1.807, 2.05) is 9.47 Å². The predicted octanol–water partition coefficient (Wildman–Crippen LogP) is 15.5. The molecule has 83 heteroatoms. The van der Waals surface area contributed by atoms with E-state index in [1.165, 1.54) is 0 Å². The van der Waals surface area contributed by atoms with E-state index in [9.17, 15) is 232 Å². The summed E-state index contributed by atoms with van der Waals surface area (Å²) < 4.78 is 685. The van der Waals surface area contributed by atoms with Crippen molar-refractivity contribution in [2.75, 3.05) is 163 Å².